The highest BCUT2D eigenvalue weighted by atomic mass is 16.5. The van der Waals surface area contributed by atoms with Crippen LogP contribution in [0.2, 0.25) is 0 Å². The first-order valence-corrected chi connectivity index (χ1v) is 14.7. The van der Waals surface area contributed by atoms with E-state index in [1.807, 2.05) is 0 Å². The molecule has 202 valence electrons. The number of aryl methyl sites for hydroxylation is 3. The van der Waals surface area contributed by atoms with Gasteiger partial charge in [0.05, 0.1) is 13.2 Å². The lowest BCUT2D eigenvalue weighted by molar-refractivity contribution is 0.218. The first-order valence-electron chi connectivity index (χ1n) is 14.7. The summed E-state index contributed by atoms with van der Waals surface area (Å²) < 4.78 is 12.8. The lowest BCUT2D eigenvalue weighted by atomic mass is 9.85. The van der Waals surface area contributed by atoms with Crippen LogP contribution in [0.15, 0.2) is 54.6 Å². The first kappa shape index (κ1) is 28.0. The monoisotopic (exact) mass is 510 g/mol. The smallest absolute Gasteiger partial charge is 0.161 e. The molecule has 0 heterocycles. The summed E-state index contributed by atoms with van der Waals surface area (Å²) in [6.45, 7) is 17.0. The molecule has 2 unspecified atom stereocenters. The summed E-state index contributed by atoms with van der Waals surface area (Å²) in [5.74, 6) is 2.71. The van der Waals surface area contributed by atoms with Crippen molar-refractivity contribution in [1.29, 1.82) is 0 Å². The van der Waals surface area contributed by atoms with Crippen molar-refractivity contribution in [3.05, 3.63) is 71.3 Å². The molecule has 38 heavy (non-hydrogen) atoms. The fourth-order valence-electron chi connectivity index (χ4n) is 5.08. The number of hydrogen-bond donors (Lipinski definition) is 0. The van der Waals surface area contributed by atoms with Crippen LogP contribution < -0.4 is 9.47 Å². The van der Waals surface area contributed by atoms with E-state index in [1.165, 1.54) is 62.2 Å². The normalized spacial score (nSPS) is 13.1. The van der Waals surface area contributed by atoms with Gasteiger partial charge in [0.15, 0.2) is 11.5 Å². The molecule has 0 aliphatic carbocycles. The molecule has 0 spiro atoms. The predicted molar refractivity (Wildman–Crippen MR) is 165 cm³/mol. The summed E-state index contributed by atoms with van der Waals surface area (Å²) in [6.07, 6.45) is 5.59. The van der Waals surface area contributed by atoms with Gasteiger partial charge in [-0.15, -0.1) is 0 Å². The van der Waals surface area contributed by atoms with Gasteiger partial charge in [-0.2, -0.15) is 0 Å². The topological polar surface area (TPSA) is 18.5 Å². The highest BCUT2D eigenvalue weighted by Crippen LogP contribution is 2.43. The molecule has 0 aliphatic rings. The Morgan fingerprint density at radius 1 is 0.632 bits per heavy atom. The Morgan fingerprint density at radius 3 is 1.82 bits per heavy atom. The Hall–Kier alpha value is -3.00. The highest BCUT2D eigenvalue weighted by Gasteiger charge is 2.19. The lowest BCUT2D eigenvalue weighted by Gasteiger charge is -2.21. The van der Waals surface area contributed by atoms with Crippen LogP contribution in [0, 0.1) is 25.7 Å². The first-order chi connectivity index (χ1) is 18.4. The Morgan fingerprint density at radius 2 is 1.21 bits per heavy atom. The third-order valence-electron chi connectivity index (χ3n) is 7.99. The van der Waals surface area contributed by atoms with Crippen LogP contribution in [0.3, 0.4) is 0 Å². The molecule has 0 saturated heterocycles. The van der Waals surface area contributed by atoms with Crippen molar-refractivity contribution >= 4 is 21.5 Å². The average molecular weight is 511 g/mol. The van der Waals surface area contributed by atoms with Crippen molar-refractivity contribution in [3.63, 3.8) is 0 Å². The van der Waals surface area contributed by atoms with Gasteiger partial charge >= 0.3 is 0 Å². The van der Waals surface area contributed by atoms with Crippen LogP contribution in [-0.2, 0) is 6.42 Å². The van der Waals surface area contributed by atoms with E-state index in [0.717, 1.165) is 30.8 Å². The molecule has 0 N–H and O–H groups in total. The van der Waals surface area contributed by atoms with Crippen molar-refractivity contribution in [2.24, 2.45) is 11.8 Å². The Bertz CT molecular complexity index is 1380. The molecular formula is C36H46O2. The third-order valence-corrected chi connectivity index (χ3v) is 7.99. The van der Waals surface area contributed by atoms with Gasteiger partial charge in [0, 0.05) is 0 Å². The largest absolute Gasteiger partial charge is 0.489 e. The summed E-state index contributed by atoms with van der Waals surface area (Å²) in [7, 11) is 0. The molecule has 4 aromatic carbocycles. The predicted octanol–water partition coefficient (Wildman–Crippen LogP) is 10.5. The van der Waals surface area contributed by atoms with Gasteiger partial charge in [-0.3, -0.25) is 0 Å². The maximum Gasteiger partial charge on any atom is 0.161 e. The van der Waals surface area contributed by atoms with Gasteiger partial charge in [-0.05, 0) is 88.9 Å². The van der Waals surface area contributed by atoms with Gasteiger partial charge in [-0.25, -0.2) is 0 Å². The zero-order valence-electron chi connectivity index (χ0n) is 24.6. The molecule has 2 atom stereocenters. The molecule has 2 nitrogen and oxygen atoms in total. The molecule has 0 radical (unpaired) electrons. The zero-order valence-corrected chi connectivity index (χ0v) is 24.6. The van der Waals surface area contributed by atoms with Crippen LogP contribution in [-0.4, -0.2) is 13.2 Å². The zero-order chi connectivity index (χ0) is 27.2. The SMILES string of the molecule is CCCCc1c(-c2ccc(OCC(C)CC)c(OCC(C)CC)c2)c2cc(C)ccc2c2ccc(C)cc12. The van der Waals surface area contributed by atoms with Crippen molar-refractivity contribution in [2.45, 2.75) is 80.6 Å². The summed E-state index contributed by atoms with van der Waals surface area (Å²) in [5, 5.41) is 5.37. The second kappa shape index (κ2) is 12.7. The maximum absolute atomic E-state index is 6.46. The van der Waals surface area contributed by atoms with Gasteiger partial charge in [0.25, 0.3) is 0 Å². The van der Waals surface area contributed by atoms with E-state index < -0.39 is 0 Å². The fraction of sp³-hybridized carbons (Fsp3) is 0.444. The molecule has 0 aliphatic heterocycles. The molecule has 0 saturated carbocycles. The van der Waals surface area contributed by atoms with E-state index in [2.05, 4.69) is 103 Å². The molecule has 0 aromatic heterocycles. The fourth-order valence-corrected chi connectivity index (χ4v) is 5.08. The molecule has 0 fully saturated rings. The van der Waals surface area contributed by atoms with Gasteiger partial charge in [0.1, 0.15) is 0 Å². The summed E-state index contributed by atoms with van der Waals surface area (Å²) in [5.41, 5.74) is 6.60. The van der Waals surface area contributed by atoms with Gasteiger partial charge in [0.2, 0.25) is 0 Å². The second-order valence-electron chi connectivity index (χ2n) is 11.4. The number of hydrogen-bond acceptors (Lipinski definition) is 2. The van der Waals surface area contributed by atoms with Crippen LogP contribution >= 0.6 is 0 Å². The second-order valence-corrected chi connectivity index (χ2v) is 11.4. The average Bonchev–Trinajstić information content (AvgIpc) is 2.93. The highest BCUT2D eigenvalue weighted by molar-refractivity contribution is 6.16. The van der Waals surface area contributed by atoms with Crippen LogP contribution in [0.5, 0.6) is 11.5 Å². The quantitative estimate of drug-likeness (QED) is 0.176. The Kier molecular flexibility index (Phi) is 9.36. The van der Waals surface area contributed by atoms with E-state index in [9.17, 15) is 0 Å². The van der Waals surface area contributed by atoms with E-state index >= 15 is 0 Å². The Balaban J connectivity index is 1.96. The minimum absolute atomic E-state index is 0.494. The summed E-state index contributed by atoms with van der Waals surface area (Å²) in [4.78, 5) is 0. The molecule has 0 bridgehead atoms. The third kappa shape index (κ3) is 6.17. The Labute approximate surface area is 230 Å². The van der Waals surface area contributed by atoms with Crippen molar-refractivity contribution < 1.29 is 9.47 Å². The minimum Gasteiger partial charge on any atom is -0.489 e. The van der Waals surface area contributed by atoms with E-state index in [-0.39, 0.29) is 0 Å². The van der Waals surface area contributed by atoms with Crippen LogP contribution in [0.4, 0.5) is 0 Å². The standard InChI is InChI=1S/C36H46O2/c1-8-11-12-31-32-19-26(6)13-16-29(32)30-17-14-27(7)20-33(30)36(31)28-15-18-34(37-22-24(4)9-2)35(21-28)38-23-25(5)10-3/h13-21,24-25H,8-12,22-23H2,1-7H3. The lowest BCUT2D eigenvalue weighted by Crippen LogP contribution is -2.11. The van der Waals surface area contributed by atoms with E-state index in [0.29, 0.717) is 25.0 Å². The van der Waals surface area contributed by atoms with Crippen molar-refractivity contribution in [3.8, 4) is 22.6 Å². The van der Waals surface area contributed by atoms with Gasteiger partial charge in [-0.1, -0.05) is 107 Å². The molecule has 4 aromatic rings. The van der Waals surface area contributed by atoms with Crippen LogP contribution in [0.25, 0.3) is 32.7 Å². The van der Waals surface area contributed by atoms with Crippen molar-refractivity contribution in [1.82, 2.24) is 0 Å². The number of rotatable bonds is 12. The number of unbranched alkanes of at least 4 members (excludes halogenated alkanes) is 1. The van der Waals surface area contributed by atoms with Crippen molar-refractivity contribution in [2.75, 3.05) is 13.2 Å². The summed E-state index contributed by atoms with van der Waals surface area (Å²) >= 11 is 0. The molecule has 0 amide bonds. The maximum atomic E-state index is 6.46. The minimum atomic E-state index is 0.494. The molecule has 2 heteroatoms. The number of benzene rings is 4. The van der Waals surface area contributed by atoms with E-state index in [1.54, 1.807) is 0 Å². The summed E-state index contributed by atoms with van der Waals surface area (Å²) in [6, 6.07) is 20.5. The number of fused-ring (bicyclic) bond motifs is 3. The molecular weight excluding hydrogens is 464 g/mol. The molecule has 4 rings (SSSR count). The van der Waals surface area contributed by atoms with Gasteiger partial charge < -0.3 is 9.47 Å². The van der Waals surface area contributed by atoms with E-state index in [4.69, 9.17) is 9.47 Å². The number of ether oxygens (including phenoxy) is 2. The van der Waals surface area contributed by atoms with Crippen LogP contribution in [0.1, 0.15) is 77.0 Å².